The van der Waals surface area contributed by atoms with E-state index in [1.807, 2.05) is 44.2 Å². The van der Waals surface area contributed by atoms with E-state index < -0.39 is 0 Å². The molecule has 5 nitrogen and oxygen atoms in total. The number of nitrogens with zero attached hydrogens (tertiary/aromatic N) is 2. The van der Waals surface area contributed by atoms with Crippen molar-refractivity contribution in [3.63, 3.8) is 0 Å². The summed E-state index contributed by atoms with van der Waals surface area (Å²) >= 11 is 0. The Morgan fingerprint density at radius 3 is 2.50 bits per heavy atom. The SMILES string of the molecule is CCNC(=NCc1ncc(-c2ccccc2)o1)NCC. The smallest absolute Gasteiger partial charge is 0.216 e. The van der Waals surface area contributed by atoms with Crippen molar-refractivity contribution < 1.29 is 4.42 Å². The van der Waals surface area contributed by atoms with Crippen LogP contribution in [0.4, 0.5) is 0 Å². The summed E-state index contributed by atoms with van der Waals surface area (Å²) < 4.78 is 5.70. The van der Waals surface area contributed by atoms with Crippen molar-refractivity contribution in [1.82, 2.24) is 15.6 Å². The Morgan fingerprint density at radius 2 is 1.85 bits per heavy atom. The van der Waals surface area contributed by atoms with E-state index in [1.54, 1.807) is 6.20 Å². The first-order valence-electron chi connectivity index (χ1n) is 6.85. The molecule has 0 saturated carbocycles. The molecule has 2 N–H and O–H groups in total. The molecule has 0 bridgehead atoms. The van der Waals surface area contributed by atoms with Gasteiger partial charge in [-0.2, -0.15) is 0 Å². The lowest BCUT2D eigenvalue weighted by atomic mass is 10.2. The molecule has 20 heavy (non-hydrogen) atoms. The van der Waals surface area contributed by atoms with Crippen LogP contribution >= 0.6 is 0 Å². The van der Waals surface area contributed by atoms with Gasteiger partial charge in [0.15, 0.2) is 11.7 Å². The number of hydrogen-bond donors (Lipinski definition) is 2. The normalized spacial score (nSPS) is 10.1. The van der Waals surface area contributed by atoms with Gasteiger partial charge in [0, 0.05) is 18.7 Å². The third-order valence-electron chi connectivity index (χ3n) is 2.67. The van der Waals surface area contributed by atoms with Crippen LogP contribution in [0.1, 0.15) is 19.7 Å². The molecule has 0 unspecified atom stereocenters. The molecule has 0 aliphatic carbocycles. The zero-order valence-electron chi connectivity index (χ0n) is 11.9. The van der Waals surface area contributed by atoms with Crippen LogP contribution in [0.25, 0.3) is 11.3 Å². The molecule has 0 aliphatic rings. The second-order valence-corrected chi connectivity index (χ2v) is 4.21. The number of nitrogens with one attached hydrogen (secondary N) is 2. The van der Waals surface area contributed by atoms with Gasteiger partial charge in [0.2, 0.25) is 5.89 Å². The lowest BCUT2D eigenvalue weighted by Gasteiger charge is -2.07. The highest BCUT2D eigenvalue weighted by Crippen LogP contribution is 2.19. The summed E-state index contributed by atoms with van der Waals surface area (Å²) in [4.78, 5) is 8.67. The molecule has 5 heteroatoms. The van der Waals surface area contributed by atoms with Crippen molar-refractivity contribution in [3.05, 3.63) is 42.4 Å². The first-order valence-corrected chi connectivity index (χ1v) is 6.85. The topological polar surface area (TPSA) is 62.5 Å². The van der Waals surface area contributed by atoms with E-state index in [-0.39, 0.29) is 0 Å². The predicted molar refractivity (Wildman–Crippen MR) is 80.4 cm³/mol. The number of rotatable bonds is 5. The van der Waals surface area contributed by atoms with E-state index >= 15 is 0 Å². The van der Waals surface area contributed by atoms with E-state index in [1.165, 1.54) is 0 Å². The average Bonchev–Trinajstić information content (AvgIpc) is 2.95. The van der Waals surface area contributed by atoms with Crippen LogP contribution in [-0.2, 0) is 6.54 Å². The van der Waals surface area contributed by atoms with Crippen LogP contribution < -0.4 is 10.6 Å². The maximum absolute atomic E-state index is 5.70. The molecule has 0 saturated heterocycles. The molecule has 1 aromatic heterocycles. The number of aromatic nitrogens is 1. The minimum atomic E-state index is 0.419. The van der Waals surface area contributed by atoms with Crippen LogP contribution in [0.15, 0.2) is 45.9 Å². The fraction of sp³-hybridized carbons (Fsp3) is 0.333. The van der Waals surface area contributed by atoms with Gasteiger partial charge in [-0.15, -0.1) is 0 Å². The number of benzene rings is 1. The third kappa shape index (κ3) is 3.85. The number of oxazole rings is 1. The van der Waals surface area contributed by atoms with Crippen molar-refractivity contribution in [2.24, 2.45) is 4.99 Å². The van der Waals surface area contributed by atoms with Gasteiger partial charge in [-0.1, -0.05) is 30.3 Å². The predicted octanol–water partition coefficient (Wildman–Crippen LogP) is 2.42. The number of hydrogen-bond acceptors (Lipinski definition) is 3. The van der Waals surface area contributed by atoms with E-state index in [0.29, 0.717) is 12.4 Å². The standard InChI is InChI=1S/C15H20N4O/c1-3-16-15(17-4-2)19-11-14-18-10-13(20-14)12-8-6-5-7-9-12/h5-10H,3-4,11H2,1-2H3,(H2,16,17,19). The Kier molecular flexibility index (Phi) is 5.17. The van der Waals surface area contributed by atoms with Gasteiger partial charge in [0.25, 0.3) is 0 Å². The minimum absolute atomic E-state index is 0.419. The van der Waals surface area contributed by atoms with Crippen LogP contribution in [0.5, 0.6) is 0 Å². The second-order valence-electron chi connectivity index (χ2n) is 4.21. The third-order valence-corrected chi connectivity index (χ3v) is 2.67. The molecule has 0 amide bonds. The molecule has 2 aromatic rings. The van der Waals surface area contributed by atoms with Crippen molar-refractivity contribution in [2.75, 3.05) is 13.1 Å². The molecular formula is C15H20N4O. The van der Waals surface area contributed by atoms with E-state index in [4.69, 9.17) is 4.42 Å². The average molecular weight is 272 g/mol. The first-order chi connectivity index (χ1) is 9.83. The van der Waals surface area contributed by atoms with Gasteiger partial charge in [-0.3, -0.25) is 0 Å². The molecule has 0 radical (unpaired) electrons. The number of guanidine groups is 1. The maximum Gasteiger partial charge on any atom is 0.216 e. The molecule has 0 spiro atoms. The van der Waals surface area contributed by atoms with Crippen molar-refractivity contribution >= 4 is 5.96 Å². The summed E-state index contributed by atoms with van der Waals surface area (Å²) in [6, 6.07) is 9.92. The maximum atomic E-state index is 5.70. The summed E-state index contributed by atoms with van der Waals surface area (Å²) in [6.45, 7) is 6.14. The number of aliphatic imine (C=N–C) groups is 1. The highest BCUT2D eigenvalue weighted by Gasteiger charge is 2.05. The van der Waals surface area contributed by atoms with Gasteiger partial charge >= 0.3 is 0 Å². The van der Waals surface area contributed by atoms with Gasteiger partial charge in [0.05, 0.1) is 6.20 Å². The van der Waals surface area contributed by atoms with Gasteiger partial charge in [0.1, 0.15) is 6.54 Å². The molecule has 1 heterocycles. The Hall–Kier alpha value is -2.30. The van der Waals surface area contributed by atoms with Crippen LogP contribution in [0.3, 0.4) is 0 Å². The Labute approximate surface area is 119 Å². The molecule has 1 aromatic carbocycles. The van der Waals surface area contributed by atoms with E-state index in [0.717, 1.165) is 30.4 Å². The van der Waals surface area contributed by atoms with Crippen molar-refractivity contribution in [2.45, 2.75) is 20.4 Å². The largest absolute Gasteiger partial charge is 0.439 e. The van der Waals surface area contributed by atoms with E-state index in [9.17, 15) is 0 Å². The van der Waals surface area contributed by atoms with Crippen LogP contribution in [0.2, 0.25) is 0 Å². The molecule has 2 rings (SSSR count). The summed E-state index contributed by atoms with van der Waals surface area (Å²) in [7, 11) is 0. The molecular weight excluding hydrogens is 252 g/mol. The highest BCUT2D eigenvalue weighted by molar-refractivity contribution is 5.79. The van der Waals surface area contributed by atoms with Crippen molar-refractivity contribution in [1.29, 1.82) is 0 Å². The summed E-state index contributed by atoms with van der Waals surface area (Å²) in [6.07, 6.45) is 1.74. The fourth-order valence-corrected chi connectivity index (χ4v) is 1.78. The zero-order chi connectivity index (χ0) is 14.2. The van der Waals surface area contributed by atoms with Crippen LogP contribution in [-0.4, -0.2) is 24.0 Å². The molecule has 0 fully saturated rings. The molecule has 0 atom stereocenters. The molecule has 106 valence electrons. The fourth-order valence-electron chi connectivity index (χ4n) is 1.78. The highest BCUT2D eigenvalue weighted by atomic mass is 16.4. The Bertz CT molecular complexity index is 540. The Balaban J connectivity index is 2.04. The monoisotopic (exact) mass is 272 g/mol. The zero-order valence-corrected chi connectivity index (χ0v) is 11.9. The summed E-state index contributed by atoms with van der Waals surface area (Å²) in [5, 5.41) is 6.32. The minimum Gasteiger partial charge on any atom is -0.439 e. The summed E-state index contributed by atoms with van der Waals surface area (Å²) in [5.74, 6) is 2.15. The van der Waals surface area contributed by atoms with Crippen LogP contribution in [0, 0.1) is 0 Å². The molecule has 0 aliphatic heterocycles. The summed E-state index contributed by atoms with van der Waals surface area (Å²) in [5.41, 5.74) is 1.02. The Morgan fingerprint density at radius 1 is 1.15 bits per heavy atom. The van der Waals surface area contributed by atoms with E-state index in [2.05, 4.69) is 20.6 Å². The lowest BCUT2D eigenvalue weighted by molar-refractivity contribution is 0.509. The second kappa shape index (κ2) is 7.33. The first kappa shape index (κ1) is 14.1. The van der Waals surface area contributed by atoms with Crippen molar-refractivity contribution in [3.8, 4) is 11.3 Å². The van der Waals surface area contributed by atoms with Gasteiger partial charge in [-0.05, 0) is 13.8 Å². The quantitative estimate of drug-likeness (QED) is 0.648. The van der Waals surface area contributed by atoms with Gasteiger partial charge in [-0.25, -0.2) is 9.98 Å². The lowest BCUT2D eigenvalue weighted by Crippen LogP contribution is -2.36. The van der Waals surface area contributed by atoms with Gasteiger partial charge < -0.3 is 15.1 Å².